The SMILES string of the molecule is CC[C@@H](NCc1ccccc1S(=O)(=O)N(C)C)c1ccccc1O. The minimum Gasteiger partial charge on any atom is -0.508 e. The Morgan fingerprint density at radius 3 is 2.33 bits per heavy atom. The Balaban J connectivity index is 2.25. The highest BCUT2D eigenvalue weighted by atomic mass is 32.2. The summed E-state index contributed by atoms with van der Waals surface area (Å²) in [5.74, 6) is 0.242. The molecular weight excluding hydrogens is 324 g/mol. The van der Waals surface area contributed by atoms with Gasteiger partial charge >= 0.3 is 0 Å². The van der Waals surface area contributed by atoms with E-state index in [4.69, 9.17) is 0 Å². The highest BCUT2D eigenvalue weighted by Crippen LogP contribution is 2.27. The van der Waals surface area contributed by atoms with Crippen LogP contribution in [0.1, 0.15) is 30.5 Å². The van der Waals surface area contributed by atoms with Crippen molar-refractivity contribution in [3.05, 3.63) is 59.7 Å². The first-order valence-electron chi connectivity index (χ1n) is 7.89. The number of sulfonamides is 1. The van der Waals surface area contributed by atoms with Gasteiger partial charge in [0.2, 0.25) is 10.0 Å². The van der Waals surface area contributed by atoms with E-state index in [0.29, 0.717) is 17.0 Å². The van der Waals surface area contributed by atoms with Crippen LogP contribution in [0.5, 0.6) is 5.75 Å². The van der Waals surface area contributed by atoms with E-state index in [9.17, 15) is 13.5 Å². The molecular formula is C18H24N2O3S. The summed E-state index contributed by atoms with van der Waals surface area (Å²) in [5, 5.41) is 13.4. The van der Waals surface area contributed by atoms with Crippen LogP contribution in [-0.2, 0) is 16.6 Å². The maximum Gasteiger partial charge on any atom is 0.242 e. The number of para-hydroxylation sites is 1. The van der Waals surface area contributed by atoms with Crippen molar-refractivity contribution in [1.29, 1.82) is 0 Å². The Hall–Kier alpha value is -1.89. The van der Waals surface area contributed by atoms with Gasteiger partial charge in [0, 0.05) is 32.2 Å². The summed E-state index contributed by atoms with van der Waals surface area (Å²) in [5.41, 5.74) is 1.52. The zero-order chi connectivity index (χ0) is 17.7. The van der Waals surface area contributed by atoms with Crippen LogP contribution in [-0.4, -0.2) is 31.9 Å². The molecule has 0 unspecified atom stereocenters. The van der Waals surface area contributed by atoms with Crippen molar-refractivity contribution in [3.8, 4) is 5.75 Å². The number of aromatic hydroxyl groups is 1. The number of phenolic OH excluding ortho intramolecular Hbond substituents is 1. The molecule has 1 atom stereocenters. The molecule has 0 spiro atoms. The molecule has 0 aromatic heterocycles. The first kappa shape index (κ1) is 18.4. The van der Waals surface area contributed by atoms with Crippen molar-refractivity contribution in [2.24, 2.45) is 0 Å². The first-order valence-corrected chi connectivity index (χ1v) is 9.33. The molecule has 2 rings (SSSR count). The zero-order valence-corrected chi connectivity index (χ0v) is 15.0. The molecule has 2 N–H and O–H groups in total. The Morgan fingerprint density at radius 1 is 1.08 bits per heavy atom. The summed E-state index contributed by atoms with van der Waals surface area (Å²) in [6, 6.07) is 14.1. The predicted molar refractivity (Wildman–Crippen MR) is 95.3 cm³/mol. The van der Waals surface area contributed by atoms with Crippen molar-refractivity contribution in [2.75, 3.05) is 14.1 Å². The second-order valence-corrected chi connectivity index (χ2v) is 7.92. The first-order chi connectivity index (χ1) is 11.4. The largest absolute Gasteiger partial charge is 0.508 e. The van der Waals surface area contributed by atoms with E-state index in [1.54, 1.807) is 30.3 Å². The third-order valence-corrected chi connectivity index (χ3v) is 5.91. The second kappa shape index (κ2) is 7.79. The molecule has 6 heteroatoms. The number of phenols is 1. The number of hydrogen-bond acceptors (Lipinski definition) is 4. The fourth-order valence-corrected chi connectivity index (χ4v) is 3.70. The Labute approximate surface area is 144 Å². The normalized spacial score (nSPS) is 13.2. The van der Waals surface area contributed by atoms with Crippen LogP contribution in [0.25, 0.3) is 0 Å². The van der Waals surface area contributed by atoms with Crippen molar-refractivity contribution < 1.29 is 13.5 Å². The van der Waals surface area contributed by atoms with Gasteiger partial charge in [-0.05, 0) is 24.1 Å². The van der Waals surface area contributed by atoms with Gasteiger partial charge in [-0.3, -0.25) is 0 Å². The highest BCUT2D eigenvalue weighted by Gasteiger charge is 2.21. The Morgan fingerprint density at radius 2 is 1.71 bits per heavy atom. The van der Waals surface area contributed by atoms with Crippen LogP contribution < -0.4 is 5.32 Å². The maximum absolute atomic E-state index is 12.4. The summed E-state index contributed by atoms with van der Waals surface area (Å²) < 4.78 is 26.1. The molecule has 0 radical (unpaired) electrons. The molecule has 24 heavy (non-hydrogen) atoms. The highest BCUT2D eigenvalue weighted by molar-refractivity contribution is 7.89. The van der Waals surface area contributed by atoms with Crippen LogP contribution in [0.15, 0.2) is 53.4 Å². The molecule has 0 fully saturated rings. The third-order valence-electron chi connectivity index (χ3n) is 3.99. The molecule has 0 aliphatic heterocycles. The van der Waals surface area contributed by atoms with Crippen LogP contribution in [0.4, 0.5) is 0 Å². The van der Waals surface area contributed by atoms with Crippen LogP contribution >= 0.6 is 0 Å². The van der Waals surface area contributed by atoms with Crippen molar-refractivity contribution in [2.45, 2.75) is 30.8 Å². The van der Waals surface area contributed by atoms with Gasteiger partial charge in [0.05, 0.1) is 4.90 Å². The fraction of sp³-hybridized carbons (Fsp3) is 0.333. The van der Waals surface area contributed by atoms with Gasteiger partial charge in [-0.15, -0.1) is 0 Å². The van der Waals surface area contributed by atoms with Crippen molar-refractivity contribution in [3.63, 3.8) is 0 Å². The lowest BCUT2D eigenvalue weighted by Gasteiger charge is -2.20. The molecule has 0 aliphatic rings. The summed E-state index contributed by atoms with van der Waals surface area (Å²) in [6.45, 7) is 2.42. The van der Waals surface area contributed by atoms with E-state index >= 15 is 0 Å². The molecule has 0 heterocycles. The molecule has 0 saturated heterocycles. The Kier molecular flexibility index (Phi) is 5.99. The van der Waals surface area contributed by atoms with E-state index in [1.807, 2.05) is 25.1 Å². The molecule has 2 aromatic rings. The fourth-order valence-electron chi connectivity index (χ4n) is 2.59. The third kappa shape index (κ3) is 3.95. The number of benzene rings is 2. The smallest absolute Gasteiger partial charge is 0.242 e. The lowest BCUT2D eigenvalue weighted by molar-refractivity contribution is 0.439. The van der Waals surface area contributed by atoms with Gasteiger partial charge in [0.15, 0.2) is 0 Å². The monoisotopic (exact) mass is 348 g/mol. The van der Waals surface area contributed by atoms with Crippen molar-refractivity contribution >= 4 is 10.0 Å². The van der Waals surface area contributed by atoms with E-state index in [1.165, 1.54) is 18.4 Å². The minimum absolute atomic E-state index is 0.0543. The second-order valence-electron chi connectivity index (χ2n) is 5.80. The van der Waals surface area contributed by atoms with E-state index < -0.39 is 10.0 Å². The number of rotatable bonds is 7. The van der Waals surface area contributed by atoms with E-state index in [-0.39, 0.29) is 11.8 Å². The number of nitrogens with zero attached hydrogens (tertiary/aromatic N) is 1. The molecule has 5 nitrogen and oxygen atoms in total. The summed E-state index contributed by atoms with van der Waals surface area (Å²) in [4.78, 5) is 0.301. The van der Waals surface area contributed by atoms with Gasteiger partial charge in [-0.1, -0.05) is 43.3 Å². The lowest BCUT2D eigenvalue weighted by Crippen LogP contribution is -2.26. The number of hydrogen-bond donors (Lipinski definition) is 2. The minimum atomic E-state index is -3.49. The van der Waals surface area contributed by atoms with E-state index in [0.717, 1.165) is 12.0 Å². The van der Waals surface area contributed by atoms with Crippen molar-refractivity contribution in [1.82, 2.24) is 9.62 Å². The van der Waals surface area contributed by atoms with Crippen LogP contribution in [0.2, 0.25) is 0 Å². The average molecular weight is 348 g/mol. The van der Waals surface area contributed by atoms with Gasteiger partial charge < -0.3 is 10.4 Å². The van der Waals surface area contributed by atoms with Crippen LogP contribution in [0, 0.1) is 0 Å². The number of nitrogens with one attached hydrogen (secondary N) is 1. The van der Waals surface area contributed by atoms with Gasteiger partial charge in [0.1, 0.15) is 5.75 Å². The van der Waals surface area contributed by atoms with Gasteiger partial charge in [-0.2, -0.15) is 0 Å². The summed E-state index contributed by atoms with van der Waals surface area (Å²) in [7, 11) is -0.443. The summed E-state index contributed by atoms with van der Waals surface area (Å²) >= 11 is 0. The van der Waals surface area contributed by atoms with E-state index in [2.05, 4.69) is 5.32 Å². The lowest BCUT2D eigenvalue weighted by atomic mass is 10.0. The standard InChI is InChI=1S/C18H24N2O3S/c1-4-16(15-10-6-7-11-17(15)21)19-13-14-9-5-8-12-18(14)24(22,23)20(2)3/h5-12,16,19,21H,4,13H2,1-3H3/t16-/m1/s1. The average Bonchev–Trinajstić information content (AvgIpc) is 2.57. The molecule has 2 aromatic carbocycles. The molecule has 0 saturated carbocycles. The maximum atomic E-state index is 12.4. The predicted octanol–water partition coefficient (Wildman–Crippen LogP) is 2.88. The molecule has 130 valence electrons. The molecule has 0 amide bonds. The summed E-state index contributed by atoms with van der Waals surface area (Å²) in [6.07, 6.45) is 0.778. The van der Waals surface area contributed by atoms with Gasteiger partial charge in [0.25, 0.3) is 0 Å². The topological polar surface area (TPSA) is 69.6 Å². The van der Waals surface area contributed by atoms with Gasteiger partial charge in [-0.25, -0.2) is 12.7 Å². The Bertz CT molecular complexity index is 788. The quantitative estimate of drug-likeness (QED) is 0.807. The molecule has 0 aliphatic carbocycles. The van der Waals surface area contributed by atoms with Crippen LogP contribution in [0.3, 0.4) is 0 Å². The molecule has 0 bridgehead atoms. The zero-order valence-electron chi connectivity index (χ0n) is 14.2.